The summed E-state index contributed by atoms with van der Waals surface area (Å²) >= 11 is 1.03. The number of amides is 1. The Morgan fingerprint density at radius 3 is 2.79 bits per heavy atom. The molecule has 5 aromatic rings. The zero-order chi connectivity index (χ0) is 26.6. The van der Waals surface area contributed by atoms with Gasteiger partial charge in [-0.1, -0.05) is 29.5 Å². The lowest BCUT2D eigenvalue weighted by Gasteiger charge is -2.23. The van der Waals surface area contributed by atoms with Crippen LogP contribution in [0.4, 0.5) is 10.8 Å². The normalized spacial score (nSPS) is 15.6. The van der Waals surface area contributed by atoms with Crippen molar-refractivity contribution in [3.63, 3.8) is 0 Å². The maximum atomic E-state index is 13.8. The molecular weight excluding hydrogens is 512 g/mol. The minimum absolute atomic E-state index is 0.0884. The molecule has 0 saturated carbocycles. The first kappa shape index (κ1) is 23.3. The molecule has 1 N–H and O–H groups in total. The highest BCUT2D eigenvalue weighted by Crippen LogP contribution is 2.45. The number of rotatable bonds is 6. The van der Waals surface area contributed by atoms with Crippen LogP contribution in [0, 0.1) is 10.1 Å². The number of para-hydroxylation sites is 1. The number of methoxy groups -OCH3 is 1. The second-order valence-electron chi connectivity index (χ2n) is 8.35. The molecule has 4 heterocycles. The SMILES string of the molecule is COc1cccc2cc(C(=O)C3=C(O)C(=O)N(c4nc5ccc([N+](=O)[O-])cc5s4)C3c3cccnc3)oc12. The van der Waals surface area contributed by atoms with Crippen LogP contribution in [0.2, 0.25) is 0 Å². The molecule has 11 nitrogen and oxygen atoms in total. The Balaban J connectivity index is 1.49. The van der Waals surface area contributed by atoms with E-state index in [1.807, 2.05) is 0 Å². The number of ketones is 1. The average molecular weight is 529 g/mol. The van der Waals surface area contributed by atoms with Gasteiger partial charge in [0.15, 0.2) is 28.0 Å². The number of nitrogens with zero attached hydrogens (tertiary/aromatic N) is 4. The number of furan rings is 1. The van der Waals surface area contributed by atoms with E-state index in [-0.39, 0.29) is 22.2 Å². The number of carbonyl (C=O) groups excluding carboxylic acids is 2. The fourth-order valence-corrected chi connectivity index (χ4v) is 5.47. The van der Waals surface area contributed by atoms with E-state index in [9.17, 15) is 24.8 Å². The van der Waals surface area contributed by atoms with Gasteiger partial charge in [0.25, 0.3) is 11.6 Å². The van der Waals surface area contributed by atoms with Crippen LogP contribution in [0.1, 0.15) is 22.2 Å². The number of Topliss-reactive ketones (excluding diaryl/α,β-unsaturated/α-hetero) is 1. The van der Waals surface area contributed by atoms with Gasteiger partial charge in [0.1, 0.15) is 0 Å². The van der Waals surface area contributed by atoms with E-state index in [0.717, 1.165) is 11.3 Å². The third kappa shape index (κ3) is 3.58. The number of non-ortho nitro benzene ring substituents is 1. The van der Waals surface area contributed by atoms with Crippen LogP contribution < -0.4 is 9.64 Å². The molecule has 3 aromatic heterocycles. The second kappa shape index (κ2) is 8.78. The lowest BCUT2D eigenvalue weighted by Crippen LogP contribution is -2.31. The van der Waals surface area contributed by atoms with Crippen molar-refractivity contribution in [3.8, 4) is 5.75 Å². The number of aliphatic hydroxyl groups excluding tert-OH is 1. The number of thiazole rings is 1. The summed E-state index contributed by atoms with van der Waals surface area (Å²) in [6.07, 6.45) is 3.02. The molecule has 1 aliphatic heterocycles. The van der Waals surface area contributed by atoms with Crippen LogP contribution >= 0.6 is 11.3 Å². The molecule has 2 aromatic carbocycles. The zero-order valence-electron chi connectivity index (χ0n) is 19.5. The molecule has 12 heteroatoms. The standard InChI is InChI=1S/C26H16N4O7S/c1-36-17-6-2-4-13-10-18(37-24(13)17)22(31)20-21(14-5-3-9-27-12-14)29(25(33)23(20)32)26-28-16-8-7-15(30(34)35)11-19(16)38-26/h2-12,21,32H,1H3. The number of anilines is 1. The molecule has 0 radical (unpaired) electrons. The number of hydrogen-bond acceptors (Lipinski definition) is 10. The maximum Gasteiger partial charge on any atom is 0.296 e. The third-order valence-electron chi connectivity index (χ3n) is 6.18. The quantitative estimate of drug-likeness (QED) is 0.180. The van der Waals surface area contributed by atoms with Crippen LogP contribution in [-0.2, 0) is 4.79 Å². The third-order valence-corrected chi connectivity index (χ3v) is 7.20. The van der Waals surface area contributed by atoms with Crippen molar-refractivity contribution in [1.29, 1.82) is 0 Å². The van der Waals surface area contributed by atoms with E-state index >= 15 is 0 Å². The zero-order valence-corrected chi connectivity index (χ0v) is 20.3. The number of fused-ring (bicyclic) bond motifs is 2. The summed E-state index contributed by atoms with van der Waals surface area (Å²) in [4.78, 5) is 47.7. The molecule has 188 valence electrons. The highest BCUT2D eigenvalue weighted by Gasteiger charge is 2.46. The fraction of sp³-hybridized carbons (Fsp3) is 0.0769. The molecule has 0 saturated heterocycles. The summed E-state index contributed by atoms with van der Waals surface area (Å²) in [5.41, 5.74) is 0.905. The van der Waals surface area contributed by atoms with E-state index in [2.05, 4.69) is 9.97 Å². The van der Waals surface area contributed by atoms with Crippen molar-refractivity contribution in [2.75, 3.05) is 12.0 Å². The monoisotopic (exact) mass is 528 g/mol. The summed E-state index contributed by atoms with van der Waals surface area (Å²) in [5, 5.41) is 23.0. The predicted octanol–water partition coefficient (Wildman–Crippen LogP) is 5.14. The Morgan fingerprint density at radius 1 is 1.21 bits per heavy atom. The molecule has 0 fully saturated rings. The first-order chi connectivity index (χ1) is 18.4. The molecule has 0 spiro atoms. The Hall–Kier alpha value is -5.10. The van der Waals surface area contributed by atoms with Crippen molar-refractivity contribution in [2.24, 2.45) is 0 Å². The van der Waals surface area contributed by atoms with Crippen molar-refractivity contribution in [2.45, 2.75) is 6.04 Å². The maximum absolute atomic E-state index is 13.8. The molecule has 1 amide bonds. The summed E-state index contributed by atoms with van der Waals surface area (Å²) in [6, 6.07) is 13.1. The molecular formula is C26H16N4O7S. The summed E-state index contributed by atoms with van der Waals surface area (Å²) in [6.45, 7) is 0. The van der Waals surface area contributed by atoms with Crippen molar-refractivity contribution in [1.82, 2.24) is 9.97 Å². The number of carbonyl (C=O) groups is 2. The lowest BCUT2D eigenvalue weighted by atomic mass is 9.96. The van der Waals surface area contributed by atoms with Gasteiger partial charge < -0.3 is 14.3 Å². The second-order valence-corrected chi connectivity index (χ2v) is 9.36. The van der Waals surface area contributed by atoms with Gasteiger partial charge in [0.05, 0.1) is 33.9 Å². The van der Waals surface area contributed by atoms with Crippen molar-refractivity contribution in [3.05, 3.63) is 99.8 Å². The number of benzene rings is 2. The van der Waals surface area contributed by atoms with Gasteiger partial charge in [-0.15, -0.1) is 0 Å². The Morgan fingerprint density at radius 2 is 2.05 bits per heavy atom. The van der Waals surface area contributed by atoms with Crippen LogP contribution in [0.5, 0.6) is 5.75 Å². The number of aliphatic hydroxyl groups is 1. The minimum atomic E-state index is -1.07. The van der Waals surface area contributed by atoms with Crippen LogP contribution in [-0.4, -0.2) is 38.8 Å². The largest absolute Gasteiger partial charge is 0.503 e. The number of nitro benzene ring substituents is 1. The molecule has 0 aliphatic carbocycles. The first-order valence-corrected chi connectivity index (χ1v) is 12.0. The van der Waals surface area contributed by atoms with E-state index in [4.69, 9.17) is 9.15 Å². The van der Waals surface area contributed by atoms with Gasteiger partial charge in [0.2, 0.25) is 5.78 Å². The van der Waals surface area contributed by atoms with Gasteiger partial charge in [-0.05, 0) is 29.8 Å². The number of ether oxygens (including phenoxy) is 1. The van der Waals surface area contributed by atoms with E-state index in [1.54, 1.807) is 30.3 Å². The van der Waals surface area contributed by atoms with Crippen LogP contribution in [0.25, 0.3) is 21.2 Å². The van der Waals surface area contributed by atoms with Gasteiger partial charge in [0, 0.05) is 29.9 Å². The molecule has 1 aliphatic rings. The topological polar surface area (TPSA) is 149 Å². The predicted molar refractivity (Wildman–Crippen MR) is 137 cm³/mol. The van der Waals surface area contributed by atoms with E-state index in [1.165, 1.54) is 48.7 Å². The van der Waals surface area contributed by atoms with Crippen LogP contribution in [0.15, 0.2) is 82.7 Å². The summed E-state index contributed by atoms with van der Waals surface area (Å²) < 4.78 is 11.6. The van der Waals surface area contributed by atoms with Gasteiger partial charge in [-0.3, -0.25) is 29.6 Å². The molecule has 1 atom stereocenters. The molecule has 1 unspecified atom stereocenters. The Bertz CT molecular complexity index is 1810. The van der Waals surface area contributed by atoms with Crippen LogP contribution in [0.3, 0.4) is 0 Å². The average Bonchev–Trinajstić information content (AvgIpc) is 3.62. The molecule has 38 heavy (non-hydrogen) atoms. The Labute approximate surface area is 217 Å². The van der Waals surface area contributed by atoms with E-state index < -0.39 is 28.4 Å². The highest BCUT2D eigenvalue weighted by atomic mass is 32.1. The summed E-state index contributed by atoms with van der Waals surface area (Å²) in [5.74, 6) is -1.95. The fourth-order valence-electron chi connectivity index (χ4n) is 4.45. The van der Waals surface area contributed by atoms with Gasteiger partial charge >= 0.3 is 0 Å². The summed E-state index contributed by atoms with van der Waals surface area (Å²) in [7, 11) is 1.48. The Kier molecular flexibility index (Phi) is 5.39. The molecule has 0 bridgehead atoms. The lowest BCUT2D eigenvalue weighted by molar-refractivity contribution is -0.384. The van der Waals surface area contributed by atoms with Crippen molar-refractivity contribution < 1.29 is 28.8 Å². The van der Waals surface area contributed by atoms with Gasteiger partial charge in [-0.2, -0.15) is 0 Å². The minimum Gasteiger partial charge on any atom is -0.503 e. The molecule has 6 rings (SSSR count). The first-order valence-electron chi connectivity index (χ1n) is 11.2. The van der Waals surface area contributed by atoms with Gasteiger partial charge in [-0.25, -0.2) is 4.98 Å². The van der Waals surface area contributed by atoms with E-state index in [0.29, 0.717) is 32.5 Å². The number of aromatic nitrogens is 2. The number of hydrogen-bond donors (Lipinski definition) is 1. The number of nitro groups is 1. The van der Waals surface area contributed by atoms with Crippen molar-refractivity contribution >= 4 is 55.0 Å². The number of pyridine rings is 1. The highest BCUT2D eigenvalue weighted by molar-refractivity contribution is 7.22. The smallest absolute Gasteiger partial charge is 0.296 e.